The predicted molar refractivity (Wildman–Crippen MR) is 74.5 cm³/mol. The minimum atomic E-state index is 0.301. The first-order valence-electron chi connectivity index (χ1n) is 7.23. The number of piperazine rings is 1. The normalized spacial score (nSPS) is 24.3. The quantitative estimate of drug-likeness (QED) is 0.870. The molecule has 0 radical (unpaired) electrons. The van der Waals surface area contributed by atoms with Gasteiger partial charge in [-0.2, -0.15) is 0 Å². The molecule has 0 aromatic carbocycles. The SMILES string of the molecule is CCC1CNC(CC)(CC)CN1Cc1ccoc1. The molecule has 3 nitrogen and oxygen atoms in total. The van der Waals surface area contributed by atoms with E-state index < -0.39 is 0 Å². The molecule has 1 aromatic rings. The first-order chi connectivity index (χ1) is 8.73. The van der Waals surface area contributed by atoms with Gasteiger partial charge < -0.3 is 9.73 Å². The largest absolute Gasteiger partial charge is 0.472 e. The van der Waals surface area contributed by atoms with Gasteiger partial charge in [0.05, 0.1) is 12.5 Å². The van der Waals surface area contributed by atoms with Crippen LogP contribution in [0.4, 0.5) is 0 Å². The summed E-state index contributed by atoms with van der Waals surface area (Å²) in [6, 6.07) is 2.72. The van der Waals surface area contributed by atoms with Crippen LogP contribution in [0.2, 0.25) is 0 Å². The average molecular weight is 250 g/mol. The van der Waals surface area contributed by atoms with E-state index in [0.29, 0.717) is 11.6 Å². The summed E-state index contributed by atoms with van der Waals surface area (Å²) in [4.78, 5) is 2.62. The molecule has 1 unspecified atom stereocenters. The van der Waals surface area contributed by atoms with Gasteiger partial charge >= 0.3 is 0 Å². The molecule has 0 bridgehead atoms. The van der Waals surface area contributed by atoms with Gasteiger partial charge in [-0.15, -0.1) is 0 Å². The molecule has 2 rings (SSSR count). The molecule has 102 valence electrons. The molecule has 3 heteroatoms. The number of rotatable bonds is 5. The van der Waals surface area contributed by atoms with E-state index in [1.165, 1.54) is 24.8 Å². The number of hydrogen-bond acceptors (Lipinski definition) is 3. The third-order valence-corrected chi connectivity index (χ3v) is 4.53. The summed E-state index contributed by atoms with van der Waals surface area (Å²) in [5.74, 6) is 0. The molecule has 0 spiro atoms. The Balaban J connectivity index is 2.07. The lowest BCUT2D eigenvalue weighted by atomic mass is 9.88. The highest BCUT2D eigenvalue weighted by Gasteiger charge is 2.35. The van der Waals surface area contributed by atoms with Crippen LogP contribution in [-0.2, 0) is 6.54 Å². The zero-order valence-electron chi connectivity index (χ0n) is 11.9. The molecule has 1 fully saturated rings. The van der Waals surface area contributed by atoms with Crippen LogP contribution in [0, 0.1) is 0 Å². The molecule has 18 heavy (non-hydrogen) atoms. The van der Waals surface area contributed by atoms with Crippen molar-refractivity contribution in [3.63, 3.8) is 0 Å². The number of hydrogen-bond donors (Lipinski definition) is 1. The fourth-order valence-corrected chi connectivity index (χ4v) is 2.97. The lowest BCUT2D eigenvalue weighted by molar-refractivity contribution is 0.0642. The van der Waals surface area contributed by atoms with Crippen LogP contribution in [0.1, 0.15) is 45.6 Å². The Bertz CT molecular complexity index is 343. The van der Waals surface area contributed by atoms with Gasteiger partial charge in [0.15, 0.2) is 0 Å². The van der Waals surface area contributed by atoms with E-state index in [2.05, 4.69) is 37.1 Å². The second kappa shape index (κ2) is 5.89. The summed E-state index contributed by atoms with van der Waals surface area (Å²) in [5, 5.41) is 3.78. The van der Waals surface area contributed by atoms with E-state index in [1.54, 1.807) is 6.26 Å². The molecule has 1 atom stereocenters. The van der Waals surface area contributed by atoms with Crippen molar-refractivity contribution in [2.45, 2.75) is 58.2 Å². The molecular weight excluding hydrogens is 224 g/mol. The minimum absolute atomic E-state index is 0.301. The summed E-state index contributed by atoms with van der Waals surface area (Å²) in [7, 11) is 0. The maximum absolute atomic E-state index is 5.19. The topological polar surface area (TPSA) is 28.4 Å². The van der Waals surface area contributed by atoms with Crippen molar-refractivity contribution in [1.82, 2.24) is 10.2 Å². The van der Waals surface area contributed by atoms with Crippen molar-refractivity contribution in [1.29, 1.82) is 0 Å². The van der Waals surface area contributed by atoms with E-state index in [-0.39, 0.29) is 0 Å². The van der Waals surface area contributed by atoms with Crippen molar-refractivity contribution >= 4 is 0 Å². The standard InChI is InChI=1S/C15H26N2O/c1-4-14-9-16-15(5-2,6-3)12-17(14)10-13-7-8-18-11-13/h7-8,11,14,16H,4-6,9-10,12H2,1-3H3. The molecule has 1 aliphatic rings. The maximum Gasteiger partial charge on any atom is 0.0947 e. The second-order valence-electron chi connectivity index (χ2n) is 5.47. The van der Waals surface area contributed by atoms with E-state index in [4.69, 9.17) is 4.42 Å². The molecule has 2 heterocycles. The third kappa shape index (κ3) is 2.78. The smallest absolute Gasteiger partial charge is 0.0947 e. The Morgan fingerprint density at radius 3 is 2.72 bits per heavy atom. The highest BCUT2D eigenvalue weighted by Crippen LogP contribution is 2.25. The first-order valence-corrected chi connectivity index (χ1v) is 7.23. The summed E-state index contributed by atoms with van der Waals surface area (Å²) in [5.41, 5.74) is 1.59. The van der Waals surface area contributed by atoms with Crippen LogP contribution in [-0.4, -0.2) is 29.6 Å². The van der Waals surface area contributed by atoms with Crippen LogP contribution in [0.15, 0.2) is 23.0 Å². The van der Waals surface area contributed by atoms with Gasteiger partial charge in [-0.05, 0) is 25.3 Å². The average Bonchev–Trinajstić information content (AvgIpc) is 2.91. The maximum atomic E-state index is 5.19. The zero-order valence-corrected chi connectivity index (χ0v) is 11.9. The van der Waals surface area contributed by atoms with Crippen LogP contribution in [0.3, 0.4) is 0 Å². The molecule has 0 amide bonds. The Kier molecular flexibility index (Phi) is 4.46. The summed E-state index contributed by atoms with van der Waals surface area (Å²) >= 11 is 0. The number of nitrogens with zero attached hydrogens (tertiary/aromatic N) is 1. The van der Waals surface area contributed by atoms with Crippen LogP contribution in [0.5, 0.6) is 0 Å². The van der Waals surface area contributed by atoms with Gasteiger partial charge in [0.1, 0.15) is 0 Å². The van der Waals surface area contributed by atoms with E-state index >= 15 is 0 Å². The van der Waals surface area contributed by atoms with Crippen LogP contribution >= 0.6 is 0 Å². The van der Waals surface area contributed by atoms with Gasteiger partial charge in [0.2, 0.25) is 0 Å². The van der Waals surface area contributed by atoms with Crippen molar-refractivity contribution in [2.75, 3.05) is 13.1 Å². The Hall–Kier alpha value is -0.800. The van der Waals surface area contributed by atoms with Gasteiger partial charge in [0.25, 0.3) is 0 Å². The summed E-state index contributed by atoms with van der Waals surface area (Å²) in [6.07, 6.45) is 7.23. The van der Waals surface area contributed by atoms with Crippen molar-refractivity contribution in [2.24, 2.45) is 0 Å². The third-order valence-electron chi connectivity index (χ3n) is 4.53. The molecule has 1 saturated heterocycles. The molecular formula is C15H26N2O. The molecule has 1 aliphatic heterocycles. The zero-order chi connectivity index (χ0) is 13.0. The minimum Gasteiger partial charge on any atom is -0.472 e. The van der Waals surface area contributed by atoms with E-state index in [1.807, 2.05) is 6.26 Å². The highest BCUT2D eigenvalue weighted by atomic mass is 16.3. The number of nitrogens with one attached hydrogen (secondary N) is 1. The second-order valence-corrected chi connectivity index (χ2v) is 5.47. The molecule has 0 aliphatic carbocycles. The fraction of sp³-hybridized carbons (Fsp3) is 0.733. The van der Waals surface area contributed by atoms with Gasteiger partial charge in [-0.3, -0.25) is 4.90 Å². The van der Waals surface area contributed by atoms with Gasteiger partial charge in [-0.1, -0.05) is 20.8 Å². The molecule has 1 aromatic heterocycles. The monoisotopic (exact) mass is 250 g/mol. The van der Waals surface area contributed by atoms with Crippen molar-refractivity contribution in [3.05, 3.63) is 24.2 Å². The first kappa shape index (κ1) is 13.6. The summed E-state index contributed by atoms with van der Waals surface area (Å²) < 4.78 is 5.19. The highest BCUT2D eigenvalue weighted by molar-refractivity contribution is 5.07. The van der Waals surface area contributed by atoms with Gasteiger partial charge in [0, 0.05) is 36.8 Å². The van der Waals surface area contributed by atoms with Crippen LogP contribution < -0.4 is 5.32 Å². The van der Waals surface area contributed by atoms with E-state index in [9.17, 15) is 0 Å². The van der Waals surface area contributed by atoms with Gasteiger partial charge in [-0.25, -0.2) is 0 Å². The lowest BCUT2D eigenvalue weighted by Crippen LogP contribution is -2.63. The Morgan fingerprint density at radius 2 is 2.17 bits per heavy atom. The molecule has 1 N–H and O–H groups in total. The fourth-order valence-electron chi connectivity index (χ4n) is 2.97. The Labute approximate surface area is 111 Å². The lowest BCUT2D eigenvalue weighted by Gasteiger charge is -2.47. The van der Waals surface area contributed by atoms with E-state index in [0.717, 1.165) is 19.6 Å². The van der Waals surface area contributed by atoms with Crippen LogP contribution in [0.25, 0.3) is 0 Å². The molecule has 0 saturated carbocycles. The Morgan fingerprint density at radius 1 is 1.39 bits per heavy atom. The summed E-state index contributed by atoms with van der Waals surface area (Å²) in [6.45, 7) is 10.1. The van der Waals surface area contributed by atoms with Crippen molar-refractivity contribution in [3.8, 4) is 0 Å². The number of furan rings is 1. The van der Waals surface area contributed by atoms with Crippen molar-refractivity contribution < 1.29 is 4.42 Å². The predicted octanol–water partition coefficient (Wildman–Crippen LogP) is 3.02.